The van der Waals surface area contributed by atoms with Gasteiger partial charge in [-0.25, -0.2) is 4.98 Å². The van der Waals surface area contributed by atoms with E-state index in [0.717, 1.165) is 50.1 Å². The first-order valence-corrected chi connectivity index (χ1v) is 24.5. The van der Waals surface area contributed by atoms with Crippen LogP contribution in [0.1, 0.15) is 120 Å². The zero-order chi connectivity index (χ0) is 60.9. The molecule has 1 N–H and O–H groups in total. The zero-order valence-corrected chi connectivity index (χ0v) is 42.5. The van der Waals surface area contributed by atoms with Gasteiger partial charge in [0.2, 0.25) is 0 Å². The molecule has 0 atom stereocenters. The molecular formula is C68H65N3O. The van der Waals surface area contributed by atoms with Gasteiger partial charge in [-0.1, -0.05) is 202 Å². The lowest BCUT2D eigenvalue weighted by molar-refractivity contribution is 0.446. The second-order valence-electron chi connectivity index (χ2n) is 21.2. The quantitative estimate of drug-likeness (QED) is 0.149. The van der Waals surface area contributed by atoms with E-state index in [1.165, 1.54) is 0 Å². The number of aromatic hydroxyl groups is 1. The Morgan fingerprint density at radius 3 is 1.64 bits per heavy atom. The molecular weight excluding hydrogens is 875 g/mol. The van der Waals surface area contributed by atoms with Crippen molar-refractivity contribution in [2.45, 2.75) is 91.9 Å². The molecule has 0 radical (unpaired) electrons. The highest BCUT2D eigenvalue weighted by Crippen LogP contribution is 2.47. The maximum Gasteiger partial charge on any atom is 0.149 e. The van der Waals surface area contributed by atoms with Crippen LogP contribution in [-0.4, -0.2) is 19.6 Å². The second kappa shape index (κ2) is 19.1. The van der Waals surface area contributed by atoms with Crippen molar-refractivity contribution in [3.8, 4) is 89.7 Å². The smallest absolute Gasteiger partial charge is 0.149 e. The molecule has 10 rings (SSSR count). The Hall–Kier alpha value is -7.82. The molecule has 10 aromatic rings. The Morgan fingerprint density at radius 2 is 1.06 bits per heavy atom. The summed E-state index contributed by atoms with van der Waals surface area (Å²) in [5.74, 6) is 0.723. The fourth-order valence-corrected chi connectivity index (χ4v) is 9.40. The van der Waals surface area contributed by atoms with Crippen LogP contribution < -0.4 is 0 Å². The number of aromatic nitrogens is 3. The van der Waals surface area contributed by atoms with Gasteiger partial charge in [0.05, 0.1) is 44.4 Å². The Labute approximate surface area is 443 Å². The number of nitrogens with zero attached hydrogens (tertiary/aromatic N) is 3. The van der Waals surface area contributed by atoms with Gasteiger partial charge < -0.3 is 5.11 Å². The van der Waals surface area contributed by atoms with Crippen LogP contribution in [0.15, 0.2) is 194 Å². The van der Waals surface area contributed by atoms with E-state index in [4.69, 9.17) is 16.0 Å². The molecule has 0 unspecified atom stereocenters. The second-order valence-corrected chi connectivity index (χ2v) is 21.2. The van der Waals surface area contributed by atoms with Gasteiger partial charge in [-0.15, -0.1) is 0 Å². The molecule has 2 heterocycles. The normalized spacial score (nSPS) is 14.4. The van der Waals surface area contributed by atoms with Crippen molar-refractivity contribution in [1.82, 2.24) is 14.5 Å². The molecule has 0 saturated heterocycles. The molecule has 0 spiro atoms. The molecule has 0 saturated carbocycles. The highest BCUT2D eigenvalue weighted by molar-refractivity contribution is 5.98. The van der Waals surface area contributed by atoms with Crippen LogP contribution in [0.2, 0.25) is 0 Å². The molecule has 0 bridgehead atoms. The summed E-state index contributed by atoms with van der Waals surface area (Å²) in [6.07, 6.45) is -0.605. The average molecular weight is 952 g/mol. The molecule has 0 fully saturated rings. The first-order chi connectivity index (χ1) is 39.5. The number of phenolic OH excluding ortho intramolecular Hbond substituents is 1. The fourth-order valence-electron chi connectivity index (χ4n) is 9.40. The van der Waals surface area contributed by atoms with E-state index in [1.807, 2.05) is 84.9 Å². The minimum Gasteiger partial charge on any atom is -0.507 e. The maximum absolute atomic E-state index is 12.8. The van der Waals surface area contributed by atoms with Crippen molar-refractivity contribution in [1.29, 1.82) is 0 Å². The number of rotatable bonds is 10. The van der Waals surface area contributed by atoms with Gasteiger partial charge in [-0.05, 0) is 144 Å². The van der Waals surface area contributed by atoms with Crippen LogP contribution >= 0.6 is 0 Å². The summed E-state index contributed by atoms with van der Waals surface area (Å²) in [5, 5.41) is 12.8. The predicted molar refractivity (Wildman–Crippen MR) is 304 cm³/mol. The Kier molecular flexibility index (Phi) is 9.35. The third-order valence-corrected chi connectivity index (χ3v) is 13.3. The van der Waals surface area contributed by atoms with Crippen molar-refractivity contribution in [3.05, 3.63) is 216 Å². The lowest BCUT2D eigenvalue weighted by Gasteiger charge is -2.28. The molecule has 4 heteroatoms. The first-order valence-electron chi connectivity index (χ1n) is 30.5. The number of hydrogen-bond donors (Lipinski definition) is 1. The largest absolute Gasteiger partial charge is 0.507 e. The maximum atomic E-state index is 12.8. The zero-order valence-electron chi connectivity index (χ0n) is 54.5. The molecule has 0 amide bonds. The van der Waals surface area contributed by atoms with Crippen LogP contribution in [-0.2, 0) is 10.8 Å². The SMILES string of the molecule is [2H]c1nc(-c2cc(-c3ccccc3)cc(-c3cccc4c3nc(-c3cc(C(C)(C)C)cc(C(C)(C)C)c3O)n4-c3c(C(C)C)cc(-c4ccccc4)cc3C(C)C)c2)c([2H])c(-c2c([2H])c([2H])c(-c3c([2H])c([2H])c([2H])c([2H])c3[2H])c([2H])c2[2H])c1[2H]. The minimum absolute atomic E-state index is 0.0334. The van der Waals surface area contributed by atoms with Gasteiger partial charge >= 0.3 is 0 Å². The summed E-state index contributed by atoms with van der Waals surface area (Å²) < 4.78 is 109. The van der Waals surface area contributed by atoms with E-state index in [9.17, 15) is 10.6 Å². The highest BCUT2D eigenvalue weighted by atomic mass is 16.3. The van der Waals surface area contributed by atoms with Crippen molar-refractivity contribution >= 4 is 11.0 Å². The van der Waals surface area contributed by atoms with E-state index in [2.05, 4.69) is 115 Å². The van der Waals surface area contributed by atoms with Gasteiger partial charge in [0, 0.05) is 22.9 Å². The van der Waals surface area contributed by atoms with Crippen LogP contribution in [0, 0.1) is 0 Å². The predicted octanol–water partition coefficient (Wildman–Crippen LogP) is 18.6. The summed E-state index contributed by atoms with van der Waals surface area (Å²) in [6.45, 7) is 21.5. The van der Waals surface area contributed by atoms with E-state index >= 15 is 0 Å². The Balaban J connectivity index is 1.29. The topological polar surface area (TPSA) is 50.9 Å². The summed E-state index contributed by atoms with van der Waals surface area (Å²) in [4.78, 5) is 10.2. The number of hydrogen-bond acceptors (Lipinski definition) is 3. The summed E-state index contributed by atoms with van der Waals surface area (Å²) in [6, 6.07) is 32.6. The molecule has 358 valence electrons. The van der Waals surface area contributed by atoms with Gasteiger partial charge in [-0.3, -0.25) is 9.55 Å². The Bertz CT molecular complexity index is 4220. The fraction of sp³-hybridized carbons (Fsp3) is 0.206. The first kappa shape index (κ1) is 35.3. The van der Waals surface area contributed by atoms with Gasteiger partial charge in [-0.2, -0.15) is 0 Å². The van der Waals surface area contributed by atoms with Crippen molar-refractivity contribution < 1.29 is 21.6 Å². The van der Waals surface area contributed by atoms with Crippen LogP contribution in [0.3, 0.4) is 0 Å². The van der Waals surface area contributed by atoms with E-state index in [-0.39, 0.29) is 28.7 Å². The number of pyridine rings is 1. The van der Waals surface area contributed by atoms with Crippen molar-refractivity contribution in [2.75, 3.05) is 0 Å². The van der Waals surface area contributed by atoms with Crippen molar-refractivity contribution in [2.24, 2.45) is 0 Å². The number of phenols is 1. The van der Waals surface area contributed by atoms with Crippen LogP contribution in [0.4, 0.5) is 0 Å². The Morgan fingerprint density at radius 1 is 0.500 bits per heavy atom. The number of fused-ring (bicyclic) bond motifs is 1. The third kappa shape index (κ3) is 9.30. The standard InChI is InChI=1S/C68H65N3O/c1-43(2)57-38-52(47-25-18-13-19-26-47)39-58(44(3)4)64(57)71-62-28-20-27-56(63(62)70-66(71)59-41-55(67(5,6)7)42-60(65(59)72)68(8,9)10)53-35-51(46-23-16-12-17-24-46)36-54(37-53)61-40-50(33-34-69-61)49-31-29-48(30-32-49)45-21-14-11-15-22-45/h11-44,72H,1-10H3/i11D,14D,15D,21D,22D,29D,30D,31D,32D,33D,34D,40D. The highest BCUT2D eigenvalue weighted by Gasteiger charge is 2.31. The van der Waals surface area contributed by atoms with Crippen LogP contribution in [0.5, 0.6) is 5.75 Å². The van der Waals surface area contributed by atoms with Crippen molar-refractivity contribution in [3.63, 3.8) is 0 Å². The van der Waals surface area contributed by atoms with E-state index in [0.29, 0.717) is 39.2 Å². The molecule has 72 heavy (non-hydrogen) atoms. The molecule has 2 aromatic heterocycles. The average Bonchev–Trinajstić information content (AvgIpc) is 2.90. The van der Waals surface area contributed by atoms with Gasteiger partial charge in [0.15, 0.2) is 0 Å². The molecule has 8 aromatic carbocycles. The van der Waals surface area contributed by atoms with E-state index < -0.39 is 100 Å². The molecule has 0 aliphatic rings. The van der Waals surface area contributed by atoms with Gasteiger partial charge in [0.1, 0.15) is 11.6 Å². The number of benzene rings is 8. The summed E-state index contributed by atoms with van der Waals surface area (Å²) in [7, 11) is 0. The third-order valence-electron chi connectivity index (χ3n) is 13.3. The lowest BCUT2D eigenvalue weighted by atomic mass is 9.78. The van der Waals surface area contributed by atoms with E-state index in [1.54, 1.807) is 0 Å². The monoisotopic (exact) mass is 952 g/mol. The molecule has 0 aliphatic heterocycles. The summed E-state index contributed by atoms with van der Waals surface area (Å²) in [5.41, 5.74) is 9.35. The summed E-state index contributed by atoms with van der Waals surface area (Å²) >= 11 is 0. The lowest BCUT2D eigenvalue weighted by Crippen LogP contribution is -2.17. The van der Waals surface area contributed by atoms with Gasteiger partial charge in [0.25, 0.3) is 0 Å². The number of para-hydroxylation sites is 1. The van der Waals surface area contributed by atoms with Crippen LogP contribution in [0.25, 0.3) is 95.0 Å². The number of imidazole rings is 1. The molecule has 0 aliphatic carbocycles. The minimum atomic E-state index is -0.755. The molecule has 4 nitrogen and oxygen atoms in total.